The zero-order chi connectivity index (χ0) is 12.7. The monoisotopic (exact) mass is 231 g/mol. The zero-order valence-corrected chi connectivity index (χ0v) is 11.0. The highest BCUT2D eigenvalue weighted by Crippen LogP contribution is 2.12. The van der Waals surface area contributed by atoms with E-state index in [0.717, 1.165) is 30.9 Å². The lowest BCUT2D eigenvalue weighted by atomic mass is 10.1. The smallest absolute Gasteiger partial charge is 0.0638 e. The molecule has 0 bridgehead atoms. The Morgan fingerprint density at radius 2 is 2.18 bits per heavy atom. The second-order valence-corrected chi connectivity index (χ2v) is 4.26. The minimum Gasteiger partial charge on any atom is -0.294 e. The molecule has 1 aromatic heterocycles. The Morgan fingerprint density at radius 3 is 2.71 bits per heavy atom. The molecule has 0 aliphatic heterocycles. The molecule has 1 rings (SSSR count). The molecule has 1 aromatic rings. The van der Waals surface area contributed by atoms with Crippen molar-refractivity contribution in [2.24, 2.45) is 0 Å². The lowest BCUT2D eigenvalue weighted by molar-refractivity contribution is 0.192. The van der Waals surface area contributed by atoms with Crippen molar-refractivity contribution in [1.29, 1.82) is 5.26 Å². The first-order chi connectivity index (χ1) is 8.21. The van der Waals surface area contributed by atoms with Crippen molar-refractivity contribution in [2.75, 3.05) is 6.54 Å². The normalized spacial score (nSPS) is 12.4. The zero-order valence-electron chi connectivity index (χ0n) is 11.0. The number of pyridine rings is 1. The summed E-state index contributed by atoms with van der Waals surface area (Å²) in [6.45, 7) is 8.06. The van der Waals surface area contributed by atoms with Crippen molar-refractivity contribution >= 4 is 0 Å². The number of hydrogen-bond acceptors (Lipinski definition) is 3. The van der Waals surface area contributed by atoms with Gasteiger partial charge in [0.2, 0.25) is 0 Å². The van der Waals surface area contributed by atoms with Crippen LogP contribution in [0.15, 0.2) is 18.2 Å². The molecule has 0 aliphatic rings. The molecule has 0 saturated carbocycles. The summed E-state index contributed by atoms with van der Waals surface area (Å²) in [6.07, 6.45) is 1.60. The van der Waals surface area contributed by atoms with Crippen LogP contribution in [-0.4, -0.2) is 22.5 Å². The van der Waals surface area contributed by atoms with Gasteiger partial charge in [0.1, 0.15) is 0 Å². The molecule has 0 saturated heterocycles. The van der Waals surface area contributed by atoms with E-state index >= 15 is 0 Å². The highest BCUT2D eigenvalue weighted by molar-refractivity contribution is 5.10. The fourth-order valence-corrected chi connectivity index (χ4v) is 2.03. The van der Waals surface area contributed by atoms with Crippen LogP contribution < -0.4 is 0 Å². The number of aromatic nitrogens is 1. The Morgan fingerprint density at radius 1 is 1.41 bits per heavy atom. The highest BCUT2D eigenvalue weighted by Gasteiger charge is 2.15. The Bertz CT molecular complexity index is 381. The van der Waals surface area contributed by atoms with E-state index in [4.69, 9.17) is 5.26 Å². The maximum Gasteiger partial charge on any atom is 0.0638 e. The summed E-state index contributed by atoms with van der Waals surface area (Å²) in [5.41, 5.74) is 2.13. The number of nitrogens with zero attached hydrogens (tertiary/aromatic N) is 3. The molecule has 17 heavy (non-hydrogen) atoms. The predicted molar refractivity (Wildman–Crippen MR) is 69.4 cm³/mol. The van der Waals surface area contributed by atoms with Crippen molar-refractivity contribution in [3.05, 3.63) is 29.6 Å². The molecule has 1 heterocycles. The summed E-state index contributed by atoms with van der Waals surface area (Å²) < 4.78 is 0. The molecule has 92 valence electrons. The maximum absolute atomic E-state index is 8.83. The number of nitriles is 1. The molecule has 0 aromatic carbocycles. The molecular weight excluding hydrogens is 210 g/mol. The summed E-state index contributed by atoms with van der Waals surface area (Å²) in [7, 11) is 0. The molecule has 0 N–H and O–H groups in total. The van der Waals surface area contributed by atoms with Gasteiger partial charge in [-0.1, -0.05) is 19.9 Å². The molecule has 0 amide bonds. The SMILES string of the molecule is CCC(CC#N)N(CC)Cc1cccc(C)n1. The average molecular weight is 231 g/mol. The standard InChI is InChI=1S/C14H21N3/c1-4-14(9-10-15)17(5-2)11-13-8-6-7-12(3)16-13/h6-8,14H,4-5,9,11H2,1-3H3. The van der Waals surface area contributed by atoms with E-state index < -0.39 is 0 Å². The van der Waals surface area contributed by atoms with Crippen LogP contribution >= 0.6 is 0 Å². The Kier molecular flexibility index (Phi) is 5.65. The van der Waals surface area contributed by atoms with E-state index in [-0.39, 0.29) is 0 Å². The second-order valence-electron chi connectivity index (χ2n) is 4.26. The van der Waals surface area contributed by atoms with Crippen LogP contribution in [0.3, 0.4) is 0 Å². The summed E-state index contributed by atoms with van der Waals surface area (Å²) in [6, 6.07) is 8.70. The molecule has 0 spiro atoms. The van der Waals surface area contributed by atoms with Crippen molar-refractivity contribution in [1.82, 2.24) is 9.88 Å². The van der Waals surface area contributed by atoms with Crippen LogP contribution in [0.4, 0.5) is 0 Å². The Hall–Kier alpha value is -1.40. The number of aryl methyl sites for hydroxylation is 1. The van der Waals surface area contributed by atoms with Crippen LogP contribution in [0.2, 0.25) is 0 Å². The minimum absolute atomic E-state index is 0.340. The third-order valence-electron chi connectivity index (χ3n) is 3.03. The van der Waals surface area contributed by atoms with E-state index in [9.17, 15) is 0 Å². The van der Waals surface area contributed by atoms with Gasteiger partial charge in [0, 0.05) is 18.3 Å². The number of rotatable bonds is 6. The van der Waals surface area contributed by atoms with Gasteiger partial charge in [-0.05, 0) is 32.0 Å². The van der Waals surface area contributed by atoms with Gasteiger partial charge in [0.25, 0.3) is 0 Å². The van der Waals surface area contributed by atoms with Crippen molar-refractivity contribution in [3.8, 4) is 6.07 Å². The van der Waals surface area contributed by atoms with Crippen molar-refractivity contribution in [2.45, 2.75) is 46.2 Å². The molecule has 3 heteroatoms. The van der Waals surface area contributed by atoms with Crippen LogP contribution in [0.1, 0.15) is 38.1 Å². The van der Waals surface area contributed by atoms with E-state index in [1.165, 1.54) is 0 Å². The van der Waals surface area contributed by atoms with Gasteiger partial charge in [-0.15, -0.1) is 0 Å². The first-order valence-electron chi connectivity index (χ1n) is 6.24. The van der Waals surface area contributed by atoms with E-state index in [1.807, 2.05) is 19.1 Å². The second kappa shape index (κ2) is 7.03. The first-order valence-corrected chi connectivity index (χ1v) is 6.24. The lowest BCUT2D eigenvalue weighted by Crippen LogP contribution is -2.34. The number of hydrogen-bond donors (Lipinski definition) is 0. The predicted octanol–water partition coefficient (Wildman–Crippen LogP) is 2.90. The van der Waals surface area contributed by atoms with Crippen molar-refractivity contribution in [3.63, 3.8) is 0 Å². The quantitative estimate of drug-likeness (QED) is 0.755. The van der Waals surface area contributed by atoms with Crippen LogP contribution in [0.5, 0.6) is 0 Å². The van der Waals surface area contributed by atoms with E-state index in [1.54, 1.807) is 0 Å². The minimum atomic E-state index is 0.340. The summed E-state index contributed by atoms with van der Waals surface area (Å²) >= 11 is 0. The Balaban J connectivity index is 2.72. The molecule has 0 aliphatic carbocycles. The maximum atomic E-state index is 8.83. The summed E-state index contributed by atoms with van der Waals surface area (Å²) in [4.78, 5) is 6.84. The van der Waals surface area contributed by atoms with Crippen LogP contribution in [0, 0.1) is 18.3 Å². The van der Waals surface area contributed by atoms with Crippen LogP contribution in [0.25, 0.3) is 0 Å². The third kappa shape index (κ3) is 4.16. The van der Waals surface area contributed by atoms with Gasteiger partial charge in [0.05, 0.1) is 18.2 Å². The molecule has 3 nitrogen and oxygen atoms in total. The molecule has 0 radical (unpaired) electrons. The molecule has 0 fully saturated rings. The fraction of sp³-hybridized carbons (Fsp3) is 0.571. The van der Waals surface area contributed by atoms with Gasteiger partial charge >= 0.3 is 0 Å². The summed E-state index contributed by atoms with van der Waals surface area (Å²) in [5, 5.41) is 8.83. The van der Waals surface area contributed by atoms with Crippen molar-refractivity contribution < 1.29 is 0 Å². The molecule has 1 unspecified atom stereocenters. The topological polar surface area (TPSA) is 39.9 Å². The van der Waals surface area contributed by atoms with Gasteiger partial charge in [-0.2, -0.15) is 5.26 Å². The van der Waals surface area contributed by atoms with Gasteiger partial charge in [-0.3, -0.25) is 9.88 Å². The molecule has 1 atom stereocenters. The molecular formula is C14H21N3. The van der Waals surface area contributed by atoms with Gasteiger partial charge in [-0.25, -0.2) is 0 Å². The Labute approximate surface area is 104 Å². The lowest BCUT2D eigenvalue weighted by Gasteiger charge is -2.27. The summed E-state index contributed by atoms with van der Waals surface area (Å²) in [5.74, 6) is 0. The first kappa shape index (κ1) is 13.7. The van der Waals surface area contributed by atoms with Gasteiger partial charge in [0.15, 0.2) is 0 Å². The van der Waals surface area contributed by atoms with Crippen LogP contribution in [-0.2, 0) is 6.54 Å². The largest absolute Gasteiger partial charge is 0.294 e. The highest BCUT2D eigenvalue weighted by atomic mass is 15.2. The average Bonchev–Trinajstić information content (AvgIpc) is 2.33. The third-order valence-corrected chi connectivity index (χ3v) is 3.03. The van der Waals surface area contributed by atoms with E-state index in [0.29, 0.717) is 12.5 Å². The van der Waals surface area contributed by atoms with E-state index in [2.05, 4.69) is 35.9 Å². The fourth-order valence-electron chi connectivity index (χ4n) is 2.03. The van der Waals surface area contributed by atoms with Gasteiger partial charge < -0.3 is 0 Å².